The fourth-order valence-electron chi connectivity index (χ4n) is 1.05. The summed E-state index contributed by atoms with van der Waals surface area (Å²) in [5.41, 5.74) is 0.743. The molecule has 14 heavy (non-hydrogen) atoms. The molecule has 1 fully saturated rings. The summed E-state index contributed by atoms with van der Waals surface area (Å²) in [4.78, 5) is 3.94. The highest BCUT2D eigenvalue weighted by Gasteiger charge is 2.21. The zero-order chi connectivity index (χ0) is 9.97. The molecular weight excluding hydrogens is 218 g/mol. The Balaban J connectivity index is 1.95. The number of nitrogens with one attached hydrogen (secondary N) is 2. The molecule has 0 saturated heterocycles. The Labute approximate surface area is 92.9 Å². The second-order valence-electron chi connectivity index (χ2n) is 3.21. The molecule has 1 saturated carbocycles. The van der Waals surface area contributed by atoms with Gasteiger partial charge in [-0.2, -0.15) is 0 Å². The molecule has 1 aliphatic carbocycles. The summed E-state index contributed by atoms with van der Waals surface area (Å²) in [6.07, 6.45) is 4.04. The molecule has 2 N–H and O–H groups in total. The summed E-state index contributed by atoms with van der Waals surface area (Å²) >= 11 is 11.0. The quantitative estimate of drug-likeness (QED) is 0.600. The standard InChI is InChI=1S/C9H10ClN3S/c10-8-7(2-1-5-11-8)13-9(14)12-6-3-4-6/h1-2,5-6H,3-4H2,(H2,12,13,14). The maximum absolute atomic E-state index is 5.86. The lowest BCUT2D eigenvalue weighted by Gasteiger charge is -2.09. The normalized spacial score (nSPS) is 14.9. The number of rotatable bonds is 2. The Morgan fingerprint density at radius 2 is 2.36 bits per heavy atom. The third-order valence-electron chi connectivity index (χ3n) is 1.92. The van der Waals surface area contributed by atoms with Crippen molar-refractivity contribution < 1.29 is 0 Å². The Morgan fingerprint density at radius 3 is 3.00 bits per heavy atom. The predicted octanol–water partition coefficient (Wildman–Crippen LogP) is 2.18. The number of pyridine rings is 1. The summed E-state index contributed by atoms with van der Waals surface area (Å²) in [6.45, 7) is 0. The van der Waals surface area contributed by atoms with Gasteiger partial charge in [-0.25, -0.2) is 4.98 Å². The third-order valence-corrected chi connectivity index (χ3v) is 2.44. The van der Waals surface area contributed by atoms with Gasteiger partial charge in [-0.15, -0.1) is 0 Å². The van der Waals surface area contributed by atoms with Crippen molar-refractivity contribution in [1.82, 2.24) is 10.3 Å². The molecule has 0 bridgehead atoms. The van der Waals surface area contributed by atoms with Crippen LogP contribution in [0.15, 0.2) is 18.3 Å². The SMILES string of the molecule is S=C(Nc1cccnc1Cl)NC1CC1. The minimum absolute atomic E-state index is 0.437. The van der Waals surface area contributed by atoms with Crippen LogP contribution in [-0.2, 0) is 0 Å². The van der Waals surface area contributed by atoms with Crippen LogP contribution < -0.4 is 10.6 Å². The van der Waals surface area contributed by atoms with E-state index in [9.17, 15) is 0 Å². The zero-order valence-electron chi connectivity index (χ0n) is 7.46. The van der Waals surface area contributed by atoms with Crippen LogP contribution in [0.2, 0.25) is 5.15 Å². The van der Waals surface area contributed by atoms with Crippen LogP contribution >= 0.6 is 23.8 Å². The van der Waals surface area contributed by atoms with Gasteiger partial charge in [0.1, 0.15) is 0 Å². The van der Waals surface area contributed by atoms with E-state index in [0.717, 1.165) is 5.69 Å². The Hall–Kier alpha value is -0.870. The summed E-state index contributed by atoms with van der Waals surface area (Å²) in [6, 6.07) is 4.20. The van der Waals surface area contributed by atoms with Gasteiger partial charge in [-0.1, -0.05) is 11.6 Å². The first-order valence-corrected chi connectivity index (χ1v) is 5.22. The van der Waals surface area contributed by atoms with Crippen LogP contribution in [0.3, 0.4) is 0 Å². The number of hydrogen-bond acceptors (Lipinski definition) is 2. The fraction of sp³-hybridized carbons (Fsp3) is 0.333. The highest BCUT2D eigenvalue weighted by atomic mass is 35.5. The van der Waals surface area contributed by atoms with E-state index in [2.05, 4.69) is 15.6 Å². The van der Waals surface area contributed by atoms with Gasteiger partial charge in [0.05, 0.1) is 5.69 Å². The van der Waals surface area contributed by atoms with Crippen molar-refractivity contribution in [2.75, 3.05) is 5.32 Å². The van der Waals surface area contributed by atoms with E-state index in [4.69, 9.17) is 23.8 Å². The smallest absolute Gasteiger partial charge is 0.171 e. The molecule has 2 rings (SSSR count). The van der Waals surface area contributed by atoms with Gasteiger partial charge >= 0.3 is 0 Å². The summed E-state index contributed by atoms with van der Waals surface area (Å²) in [7, 11) is 0. The lowest BCUT2D eigenvalue weighted by atomic mass is 10.4. The zero-order valence-corrected chi connectivity index (χ0v) is 9.03. The first kappa shape index (κ1) is 9.68. The van der Waals surface area contributed by atoms with E-state index in [1.165, 1.54) is 12.8 Å². The highest BCUT2D eigenvalue weighted by Crippen LogP contribution is 2.20. The summed E-state index contributed by atoms with van der Waals surface area (Å²) < 4.78 is 0. The lowest BCUT2D eigenvalue weighted by molar-refractivity contribution is 0.919. The Morgan fingerprint density at radius 1 is 1.57 bits per heavy atom. The molecule has 0 amide bonds. The average molecular weight is 228 g/mol. The average Bonchev–Trinajstić information content (AvgIpc) is 2.93. The lowest BCUT2D eigenvalue weighted by Crippen LogP contribution is -2.30. The second kappa shape index (κ2) is 4.11. The van der Waals surface area contributed by atoms with Gasteiger partial charge in [-0.3, -0.25) is 0 Å². The van der Waals surface area contributed by atoms with Gasteiger partial charge in [0.15, 0.2) is 10.3 Å². The second-order valence-corrected chi connectivity index (χ2v) is 3.98. The fourth-order valence-corrected chi connectivity index (χ4v) is 1.49. The van der Waals surface area contributed by atoms with Crippen molar-refractivity contribution >= 4 is 34.6 Å². The van der Waals surface area contributed by atoms with E-state index in [-0.39, 0.29) is 0 Å². The van der Waals surface area contributed by atoms with Crippen LogP contribution in [0.1, 0.15) is 12.8 Å². The third kappa shape index (κ3) is 2.56. The van der Waals surface area contributed by atoms with Gasteiger partial charge < -0.3 is 10.6 Å². The molecule has 0 aliphatic heterocycles. The van der Waals surface area contributed by atoms with Crippen molar-refractivity contribution in [3.8, 4) is 0 Å². The number of nitrogens with zero attached hydrogens (tertiary/aromatic N) is 1. The minimum atomic E-state index is 0.437. The van der Waals surface area contributed by atoms with Gasteiger partial charge in [0, 0.05) is 12.2 Å². The van der Waals surface area contributed by atoms with Gasteiger partial charge in [0.2, 0.25) is 0 Å². The van der Waals surface area contributed by atoms with E-state index < -0.39 is 0 Å². The van der Waals surface area contributed by atoms with Crippen LogP contribution in [0.5, 0.6) is 0 Å². The molecule has 1 aliphatic rings. The summed E-state index contributed by atoms with van der Waals surface area (Å²) in [5, 5.41) is 7.22. The first-order valence-electron chi connectivity index (χ1n) is 4.44. The van der Waals surface area contributed by atoms with Crippen LogP contribution in [0, 0.1) is 0 Å². The first-order chi connectivity index (χ1) is 6.75. The number of hydrogen-bond donors (Lipinski definition) is 2. The molecule has 0 radical (unpaired) electrons. The highest BCUT2D eigenvalue weighted by molar-refractivity contribution is 7.80. The van der Waals surface area contributed by atoms with E-state index in [1.54, 1.807) is 6.20 Å². The molecule has 1 aromatic heterocycles. The molecule has 1 heterocycles. The monoisotopic (exact) mass is 227 g/mol. The number of thiocarbonyl (C=S) groups is 1. The van der Waals surface area contributed by atoms with E-state index in [0.29, 0.717) is 16.3 Å². The van der Waals surface area contributed by atoms with Crippen LogP contribution in [-0.4, -0.2) is 16.1 Å². The number of aromatic nitrogens is 1. The molecule has 0 atom stereocenters. The van der Waals surface area contributed by atoms with Crippen LogP contribution in [0.4, 0.5) is 5.69 Å². The van der Waals surface area contributed by atoms with Crippen molar-refractivity contribution in [2.45, 2.75) is 18.9 Å². The maximum atomic E-state index is 5.86. The van der Waals surface area contributed by atoms with E-state index >= 15 is 0 Å². The van der Waals surface area contributed by atoms with Crippen LogP contribution in [0.25, 0.3) is 0 Å². The molecule has 1 aromatic rings. The number of halogens is 1. The van der Waals surface area contributed by atoms with Gasteiger partial charge in [-0.05, 0) is 37.2 Å². The van der Waals surface area contributed by atoms with Crippen molar-refractivity contribution in [3.63, 3.8) is 0 Å². The largest absolute Gasteiger partial charge is 0.360 e. The number of anilines is 1. The molecule has 74 valence electrons. The molecule has 0 spiro atoms. The molecule has 5 heteroatoms. The molecule has 0 unspecified atom stereocenters. The van der Waals surface area contributed by atoms with E-state index in [1.807, 2.05) is 12.1 Å². The molecular formula is C9H10ClN3S. The summed E-state index contributed by atoms with van der Waals surface area (Å²) in [5.74, 6) is 0. The van der Waals surface area contributed by atoms with Gasteiger partial charge in [0.25, 0.3) is 0 Å². The molecule has 0 aromatic carbocycles. The maximum Gasteiger partial charge on any atom is 0.171 e. The minimum Gasteiger partial charge on any atom is -0.360 e. The van der Waals surface area contributed by atoms with Crippen molar-refractivity contribution in [2.24, 2.45) is 0 Å². The Kier molecular flexibility index (Phi) is 2.84. The predicted molar refractivity (Wildman–Crippen MR) is 61.6 cm³/mol. The van der Waals surface area contributed by atoms with Crippen molar-refractivity contribution in [1.29, 1.82) is 0 Å². The Bertz CT molecular complexity index is 352. The topological polar surface area (TPSA) is 37.0 Å². The molecule has 3 nitrogen and oxygen atoms in total. The van der Waals surface area contributed by atoms with Crippen molar-refractivity contribution in [3.05, 3.63) is 23.5 Å².